The summed E-state index contributed by atoms with van der Waals surface area (Å²) in [5, 5.41) is 9.27. The Labute approximate surface area is 86.5 Å². The van der Waals surface area contributed by atoms with Gasteiger partial charge in [0.25, 0.3) is 5.91 Å². The maximum atomic E-state index is 11.6. The number of nitrogens with one attached hydrogen (secondary N) is 2. The van der Waals surface area contributed by atoms with Gasteiger partial charge in [-0.3, -0.25) is 14.9 Å². The van der Waals surface area contributed by atoms with Gasteiger partial charge in [0.15, 0.2) is 5.82 Å². The Hall–Kier alpha value is -2.17. The summed E-state index contributed by atoms with van der Waals surface area (Å²) in [4.78, 5) is 15.5. The molecule has 0 aliphatic rings. The topological polar surface area (TPSA) is 70.7 Å². The molecule has 0 spiro atoms. The van der Waals surface area contributed by atoms with E-state index in [4.69, 9.17) is 0 Å². The monoisotopic (exact) mass is 202 g/mol. The molecule has 76 valence electrons. The van der Waals surface area contributed by atoms with Gasteiger partial charge >= 0.3 is 0 Å². The van der Waals surface area contributed by atoms with Crippen molar-refractivity contribution in [1.29, 1.82) is 0 Å². The van der Waals surface area contributed by atoms with Gasteiger partial charge in [-0.25, -0.2) is 0 Å². The molecule has 0 atom stereocenters. The number of aromatic nitrogens is 3. The highest BCUT2D eigenvalue weighted by atomic mass is 16.1. The first-order valence-corrected chi connectivity index (χ1v) is 4.50. The molecule has 0 bridgehead atoms. The number of carbonyl (C=O) groups excluding carboxylic acids is 1. The summed E-state index contributed by atoms with van der Waals surface area (Å²) in [6, 6.07) is 6.92. The van der Waals surface area contributed by atoms with Gasteiger partial charge < -0.3 is 5.32 Å². The third-order valence-corrected chi connectivity index (χ3v) is 1.85. The predicted molar refractivity (Wildman–Crippen MR) is 55.5 cm³/mol. The van der Waals surface area contributed by atoms with Crippen molar-refractivity contribution in [1.82, 2.24) is 15.2 Å². The SMILES string of the molecule is Cc1cc(NC(=O)c2ccccn2)n[nH]1. The Morgan fingerprint density at radius 3 is 2.93 bits per heavy atom. The van der Waals surface area contributed by atoms with Crippen molar-refractivity contribution in [2.75, 3.05) is 5.32 Å². The van der Waals surface area contributed by atoms with Crippen LogP contribution < -0.4 is 5.32 Å². The number of carbonyl (C=O) groups is 1. The van der Waals surface area contributed by atoms with Crippen LogP contribution in [0.4, 0.5) is 5.82 Å². The Balaban J connectivity index is 2.11. The molecule has 0 radical (unpaired) electrons. The van der Waals surface area contributed by atoms with Crippen molar-refractivity contribution in [3.63, 3.8) is 0 Å². The van der Waals surface area contributed by atoms with Crippen LogP contribution in [0.15, 0.2) is 30.5 Å². The van der Waals surface area contributed by atoms with Gasteiger partial charge in [-0.2, -0.15) is 5.10 Å². The first kappa shape index (κ1) is 9.39. The Morgan fingerprint density at radius 1 is 1.47 bits per heavy atom. The maximum Gasteiger partial charge on any atom is 0.275 e. The lowest BCUT2D eigenvalue weighted by atomic mass is 10.3. The Morgan fingerprint density at radius 2 is 2.33 bits per heavy atom. The molecule has 5 heteroatoms. The minimum atomic E-state index is -0.262. The van der Waals surface area contributed by atoms with Gasteiger partial charge in [0.2, 0.25) is 0 Å². The number of anilines is 1. The second-order valence-electron chi connectivity index (χ2n) is 3.11. The lowest BCUT2D eigenvalue weighted by molar-refractivity contribution is 0.102. The van der Waals surface area contributed by atoms with Crippen molar-refractivity contribution < 1.29 is 4.79 Å². The summed E-state index contributed by atoms with van der Waals surface area (Å²) >= 11 is 0. The third kappa shape index (κ3) is 2.19. The first-order chi connectivity index (χ1) is 7.25. The molecule has 0 aliphatic carbocycles. The lowest BCUT2D eigenvalue weighted by Crippen LogP contribution is -2.13. The normalized spacial score (nSPS) is 9.93. The zero-order chi connectivity index (χ0) is 10.7. The molecule has 0 aromatic carbocycles. The van der Waals surface area contributed by atoms with Crippen LogP contribution in [0.5, 0.6) is 0 Å². The van der Waals surface area contributed by atoms with Gasteiger partial charge in [-0.05, 0) is 19.1 Å². The largest absolute Gasteiger partial charge is 0.304 e. The van der Waals surface area contributed by atoms with E-state index < -0.39 is 0 Å². The van der Waals surface area contributed by atoms with Crippen LogP contribution in [-0.2, 0) is 0 Å². The second-order valence-corrected chi connectivity index (χ2v) is 3.11. The van der Waals surface area contributed by atoms with E-state index in [0.29, 0.717) is 11.5 Å². The molecule has 2 rings (SSSR count). The number of H-pyrrole nitrogens is 1. The van der Waals surface area contributed by atoms with E-state index in [1.807, 2.05) is 6.92 Å². The fourth-order valence-corrected chi connectivity index (χ4v) is 1.16. The lowest BCUT2D eigenvalue weighted by Gasteiger charge is -1.99. The molecular formula is C10H10N4O. The molecule has 2 N–H and O–H groups in total. The fraction of sp³-hybridized carbons (Fsp3) is 0.100. The first-order valence-electron chi connectivity index (χ1n) is 4.50. The summed E-state index contributed by atoms with van der Waals surface area (Å²) in [7, 11) is 0. The molecule has 1 amide bonds. The summed E-state index contributed by atoms with van der Waals surface area (Å²) in [6.45, 7) is 1.86. The summed E-state index contributed by atoms with van der Waals surface area (Å²) in [5.74, 6) is 0.241. The van der Waals surface area contributed by atoms with Crippen LogP contribution in [0, 0.1) is 6.92 Å². The molecule has 2 aromatic rings. The summed E-state index contributed by atoms with van der Waals surface area (Å²) in [6.07, 6.45) is 1.57. The van der Waals surface area contributed by atoms with Crippen molar-refractivity contribution >= 4 is 11.7 Å². The molecule has 5 nitrogen and oxygen atoms in total. The number of hydrogen-bond acceptors (Lipinski definition) is 3. The van der Waals surface area contributed by atoms with E-state index in [9.17, 15) is 4.79 Å². The average molecular weight is 202 g/mol. The standard InChI is InChI=1S/C10H10N4O/c1-7-6-9(14-13-7)12-10(15)8-4-2-3-5-11-8/h2-6H,1H3,(H2,12,13,14,15). The molecule has 0 fully saturated rings. The highest BCUT2D eigenvalue weighted by Gasteiger charge is 2.07. The highest BCUT2D eigenvalue weighted by molar-refractivity contribution is 6.02. The number of aryl methyl sites for hydroxylation is 1. The van der Waals surface area contributed by atoms with Crippen molar-refractivity contribution in [3.05, 3.63) is 41.9 Å². The van der Waals surface area contributed by atoms with Crippen molar-refractivity contribution in [3.8, 4) is 0 Å². The molecule has 15 heavy (non-hydrogen) atoms. The number of nitrogens with zero attached hydrogens (tertiary/aromatic N) is 2. The maximum absolute atomic E-state index is 11.6. The molecular weight excluding hydrogens is 192 g/mol. The Bertz CT molecular complexity index is 463. The summed E-state index contributed by atoms with van der Waals surface area (Å²) < 4.78 is 0. The molecule has 0 unspecified atom stereocenters. The molecule has 2 heterocycles. The smallest absolute Gasteiger partial charge is 0.275 e. The number of pyridine rings is 1. The number of rotatable bonds is 2. The Kier molecular flexibility index (Phi) is 2.45. The van der Waals surface area contributed by atoms with E-state index in [1.54, 1.807) is 30.5 Å². The van der Waals surface area contributed by atoms with Crippen molar-refractivity contribution in [2.24, 2.45) is 0 Å². The van der Waals surface area contributed by atoms with Gasteiger partial charge in [-0.1, -0.05) is 6.07 Å². The second kappa shape index (κ2) is 3.91. The van der Waals surface area contributed by atoms with Crippen LogP contribution in [-0.4, -0.2) is 21.1 Å². The average Bonchev–Trinajstić information content (AvgIpc) is 2.65. The molecule has 0 saturated heterocycles. The van der Waals surface area contributed by atoms with Gasteiger partial charge in [0.1, 0.15) is 5.69 Å². The fourth-order valence-electron chi connectivity index (χ4n) is 1.16. The van der Waals surface area contributed by atoms with Crippen LogP contribution in [0.25, 0.3) is 0 Å². The van der Waals surface area contributed by atoms with Crippen LogP contribution >= 0.6 is 0 Å². The van der Waals surface area contributed by atoms with E-state index >= 15 is 0 Å². The number of amides is 1. The quantitative estimate of drug-likeness (QED) is 0.772. The number of hydrogen-bond donors (Lipinski definition) is 2. The van der Waals surface area contributed by atoms with E-state index in [1.165, 1.54) is 0 Å². The summed E-state index contributed by atoms with van der Waals surface area (Å²) in [5.41, 5.74) is 1.27. The van der Waals surface area contributed by atoms with Crippen LogP contribution in [0.2, 0.25) is 0 Å². The molecule has 2 aromatic heterocycles. The minimum absolute atomic E-state index is 0.262. The third-order valence-electron chi connectivity index (χ3n) is 1.85. The zero-order valence-electron chi connectivity index (χ0n) is 8.19. The van der Waals surface area contributed by atoms with Crippen molar-refractivity contribution in [2.45, 2.75) is 6.92 Å². The molecule has 0 saturated carbocycles. The van der Waals surface area contributed by atoms with Gasteiger partial charge in [0, 0.05) is 18.0 Å². The van der Waals surface area contributed by atoms with E-state index in [2.05, 4.69) is 20.5 Å². The molecule has 0 aliphatic heterocycles. The van der Waals surface area contributed by atoms with Gasteiger partial charge in [-0.15, -0.1) is 0 Å². The van der Waals surface area contributed by atoms with Gasteiger partial charge in [0.05, 0.1) is 0 Å². The van der Waals surface area contributed by atoms with Crippen LogP contribution in [0.1, 0.15) is 16.2 Å². The highest BCUT2D eigenvalue weighted by Crippen LogP contribution is 2.05. The predicted octanol–water partition coefficient (Wildman–Crippen LogP) is 1.37. The zero-order valence-corrected chi connectivity index (χ0v) is 8.19. The van der Waals surface area contributed by atoms with E-state index in [-0.39, 0.29) is 5.91 Å². The van der Waals surface area contributed by atoms with Crippen LogP contribution in [0.3, 0.4) is 0 Å². The minimum Gasteiger partial charge on any atom is -0.304 e. The van der Waals surface area contributed by atoms with E-state index in [0.717, 1.165) is 5.69 Å². The number of aromatic amines is 1.